The molecule has 0 aliphatic heterocycles. The molecule has 30 nitrogen and oxygen atoms in total. The van der Waals surface area contributed by atoms with Crippen LogP contribution in [0.15, 0.2) is 0 Å². The molecule has 21 N–H and O–H groups in total. The van der Waals surface area contributed by atoms with Gasteiger partial charge in [-0.3, -0.25) is 0 Å². The number of rotatable bonds is 68. The summed E-state index contributed by atoms with van der Waals surface area (Å²) >= 11 is 0. The number of nitrogens with two attached hydrogens (primary N) is 10. The van der Waals surface area contributed by atoms with E-state index in [1.54, 1.807) is 6.92 Å². The first kappa shape index (κ1) is 91.0. The second-order valence-electron chi connectivity index (χ2n) is 20.9. The second kappa shape index (κ2) is 52.1. The van der Waals surface area contributed by atoms with Crippen molar-refractivity contribution >= 4 is 88.5 Å². The zero-order valence-electron chi connectivity index (χ0n) is 57.3. The Morgan fingerprint density at radius 1 is 0.244 bits per heavy atom. The summed E-state index contributed by atoms with van der Waals surface area (Å²) in [4.78, 5) is 12.3. The molecule has 0 bridgehead atoms. The van der Waals surface area contributed by atoms with Crippen molar-refractivity contribution in [1.82, 2.24) is 0 Å². The largest absolute Gasteiger partial charge is 0.490 e. The first-order valence-electron chi connectivity index (χ1n) is 33.6. The van der Waals surface area contributed by atoms with Gasteiger partial charge in [0.25, 0.3) is 0 Å². The molecule has 0 aromatic rings. The molecule has 40 heteroatoms. The van der Waals surface area contributed by atoms with Gasteiger partial charge in [0.15, 0.2) is 0 Å². The minimum Gasteiger partial charge on any atom is -0.397 e. The summed E-state index contributed by atoms with van der Waals surface area (Å²) in [5.74, 6) is 0. The van der Waals surface area contributed by atoms with E-state index in [0.717, 1.165) is 0 Å². The van der Waals surface area contributed by atoms with Crippen molar-refractivity contribution < 1.29 is 86.1 Å². The average Bonchev–Trinajstić information content (AvgIpc) is 0.784. The van der Waals surface area contributed by atoms with Gasteiger partial charge < -0.3 is 143 Å². The van der Waals surface area contributed by atoms with E-state index in [0.29, 0.717) is 96.0 Å². The first-order valence-corrected chi connectivity index (χ1v) is 52.8. The highest BCUT2D eigenvalue weighted by Crippen LogP contribution is 2.41. The third-order valence-electron chi connectivity index (χ3n) is 13.3. The zero-order valence-corrected chi connectivity index (χ0v) is 67.5. The SMILES string of the molecule is CCO[SiH](CCCN)O[Si](CCCN)(OCC)O[Si](CCCN)(OCC)O[Si](CCCN)(OCC)O[Si](CCCN)(OCC)O[Si](CCCN)(OCC)O[Si](CCCN)(OCC)O[Si](CCCN)(OCC)O[Si](CCCN)(OCC)O[Si](O)(CCCN)OCC. The third-order valence-corrected chi connectivity index (χ3v) is 52.6. The Labute approximate surface area is 554 Å². The summed E-state index contributed by atoms with van der Waals surface area (Å²) in [5, 5.41) is 0. The quantitative estimate of drug-likeness (QED) is 0.0390. The molecule has 0 aliphatic carbocycles. The average molecular weight is 1470 g/mol. The topological polar surface area (TPSA) is 456 Å². The van der Waals surface area contributed by atoms with Gasteiger partial charge >= 0.3 is 88.5 Å². The van der Waals surface area contributed by atoms with Crippen LogP contribution in [0, 0.1) is 0 Å². The summed E-state index contributed by atoms with van der Waals surface area (Å²) in [6, 6.07) is 2.16. The van der Waals surface area contributed by atoms with E-state index in [1.165, 1.54) is 0 Å². The molecule has 0 aliphatic rings. The molecule has 542 valence electrons. The Morgan fingerprint density at radius 2 is 0.444 bits per heavy atom. The maximum Gasteiger partial charge on any atom is 0.490 e. The summed E-state index contributed by atoms with van der Waals surface area (Å²) in [6.45, 7) is 22.8. The standard InChI is InChI=1S/C50H132N10O20Si10/c1-11-62-81(41-21-31-51)72-83(64-13-3,43-23-33-53)74-85(66-15-5,45-25-35-55)76-87(68-17-7,47-27-37-57)78-89(70-19-9,49-29-39-59)80-90(71-20-10,50-30-40-60)79-88(69-18-8,48-28-38-58)77-86(67-16-6,46-26-36-56)75-84(65-14-4,44-24-34-54)73-82(61,63-12-2)42-22-32-52/h61,81H,11-60H2,1-10H3. The van der Waals surface area contributed by atoms with Gasteiger partial charge in [-0.2, -0.15) is 0 Å². The lowest BCUT2D eigenvalue weighted by Crippen LogP contribution is -2.71. The van der Waals surface area contributed by atoms with E-state index >= 15 is 0 Å². The van der Waals surface area contributed by atoms with Gasteiger partial charge in [-0.25, -0.2) is 0 Å². The fourth-order valence-corrected chi connectivity index (χ4v) is 55.0. The van der Waals surface area contributed by atoms with Crippen LogP contribution in [0.3, 0.4) is 0 Å². The highest BCUT2D eigenvalue weighted by atomic mass is 28.6. The summed E-state index contributed by atoms with van der Waals surface area (Å²) < 4.78 is 136. The minimum absolute atomic E-state index is 0.0848. The van der Waals surface area contributed by atoms with Crippen molar-refractivity contribution in [3.8, 4) is 0 Å². The lowest BCUT2D eigenvalue weighted by atomic mass is 10.5. The van der Waals surface area contributed by atoms with Crippen molar-refractivity contribution in [2.24, 2.45) is 57.3 Å². The van der Waals surface area contributed by atoms with Crippen molar-refractivity contribution in [3.63, 3.8) is 0 Å². The summed E-state index contributed by atoms with van der Waals surface area (Å²) in [7, 11) is -40.8. The van der Waals surface area contributed by atoms with Crippen LogP contribution in [0.5, 0.6) is 0 Å². The molecule has 0 heterocycles. The molecule has 10 atom stereocenters. The zero-order chi connectivity index (χ0) is 67.8. The second-order valence-corrected chi connectivity index (χ2v) is 49.6. The Balaban J connectivity index is 9.43. The van der Waals surface area contributed by atoms with Crippen LogP contribution in [0.2, 0.25) is 60.4 Å². The van der Waals surface area contributed by atoms with Gasteiger partial charge in [0.05, 0.1) is 0 Å². The van der Waals surface area contributed by atoms with Gasteiger partial charge in [-0.1, -0.05) is 0 Å². The van der Waals surface area contributed by atoms with Crippen molar-refractivity contribution in [2.45, 2.75) is 194 Å². The van der Waals surface area contributed by atoms with Gasteiger partial charge in [-0.15, -0.1) is 0 Å². The molecule has 0 radical (unpaired) electrons. The van der Waals surface area contributed by atoms with E-state index < -0.39 is 88.5 Å². The van der Waals surface area contributed by atoms with Gasteiger partial charge in [0.1, 0.15) is 0 Å². The van der Waals surface area contributed by atoms with Crippen LogP contribution < -0.4 is 57.3 Å². The molecule has 0 fully saturated rings. The minimum atomic E-state index is -4.45. The molecule has 0 rings (SSSR count). The molecular weight excluding hydrogens is 1340 g/mol. The van der Waals surface area contributed by atoms with Gasteiger partial charge in [0, 0.05) is 120 Å². The molecular formula is C50H132N10O20Si10. The van der Waals surface area contributed by atoms with Crippen molar-refractivity contribution in [1.29, 1.82) is 0 Å². The smallest absolute Gasteiger partial charge is 0.397 e. The molecule has 0 saturated carbocycles. The van der Waals surface area contributed by atoms with Gasteiger partial charge in [0.2, 0.25) is 0 Å². The van der Waals surface area contributed by atoms with Crippen LogP contribution in [-0.4, -0.2) is 225 Å². The van der Waals surface area contributed by atoms with Crippen LogP contribution >= 0.6 is 0 Å². The fourth-order valence-electron chi connectivity index (χ4n) is 9.81. The van der Waals surface area contributed by atoms with E-state index in [2.05, 4.69) is 0 Å². The number of hydrogen-bond acceptors (Lipinski definition) is 30. The van der Waals surface area contributed by atoms with Crippen LogP contribution in [0.4, 0.5) is 0 Å². The van der Waals surface area contributed by atoms with Crippen LogP contribution in [-0.2, 0) is 81.3 Å². The van der Waals surface area contributed by atoms with Crippen LogP contribution in [0.1, 0.15) is 133 Å². The first-order chi connectivity index (χ1) is 43.2. The fraction of sp³-hybridized carbons (Fsp3) is 1.00. The monoisotopic (exact) mass is 1470 g/mol. The molecule has 0 amide bonds. The summed E-state index contributed by atoms with van der Waals surface area (Å²) in [6.07, 6.45) is 4.18. The van der Waals surface area contributed by atoms with Crippen molar-refractivity contribution in [3.05, 3.63) is 0 Å². The summed E-state index contributed by atoms with van der Waals surface area (Å²) in [5.41, 5.74) is 63.2. The van der Waals surface area contributed by atoms with E-state index in [-0.39, 0.29) is 160 Å². The normalized spacial score (nSPS) is 18.8. The predicted octanol–water partition coefficient (Wildman–Crippen LogP) is 2.65. The lowest BCUT2D eigenvalue weighted by molar-refractivity contribution is 0.0299. The molecule has 0 aromatic carbocycles. The van der Waals surface area contributed by atoms with Crippen molar-refractivity contribution in [2.75, 3.05) is 132 Å². The molecule has 0 saturated heterocycles. The molecule has 10 unspecified atom stereocenters. The number of hydrogen-bond donors (Lipinski definition) is 11. The Kier molecular flexibility index (Phi) is 52.6. The molecule has 90 heavy (non-hydrogen) atoms. The van der Waals surface area contributed by atoms with Gasteiger partial charge in [-0.05, 0) is 205 Å². The predicted molar refractivity (Wildman–Crippen MR) is 372 cm³/mol. The third kappa shape index (κ3) is 34.2. The maximum atomic E-state index is 12.3. The highest BCUT2D eigenvalue weighted by Gasteiger charge is 2.68. The maximum absolute atomic E-state index is 12.3. The Hall–Kier alpha value is 0.969. The molecule has 0 aromatic heterocycles. The highest BCUT2D eigenvalue weighted by molar-refractivity contribution is 6.89. The molecule has 0 spiro atoms. The van der Waals surface area contributed by atoms with E-state index in [9.17, 15) is 4.80 Å². The Morgan fingerprint density at radius 3 is 0.667 bits per heavy atom. The van der Waals surface area contributed by atoms with Crippen LogP contribution in [0.25, 0.3) is 0 Å². The lowest BCUT2D eigenvalue weighted by Gasteiger charge is -2.48. The Bertz CT molecular complexity index is 1740. The van der Waals surface area contributed by atoms with E-state index in [1.807, 2.05) is 62.3 Å². The van der Waals surface area contributed by atoms with E-state index in [4.69, 9.17) is 139 Å².